The molecule has 0 saturated heterocycles. The average Bonchev–Trinajstić information content (AvgIpc) is 2.82. The Morgan fingerprint density at radius 1 is 1.58 bits per heavy atom. The SMILES string of the molecule is CCC(C)C(Nc1nc(Cl)nc2nc[nH]c12)C(=O)O. The van der Waals surface area contributed by atoms with E-state index >= 15 is 0 Å². The summed E-state index contributed by atoms with van der Waals surface area (Å²) in [6.07, 6.45) is 2.19. The fourth-order valence-corrected chi connectivity index (χ4v) is 1.91. The summed E-state index contributed by atoms with van der Waals surface area (Å²) in [7, 11) is 0. The number of hydrogen-bond acceptors (Lipinski definition) is 5. The zero-order valence-electron chi connectivity index (χ0n) is 10.5. The maximum atomic E-state index is 11.3. The highest BCUT2D eigenvalue weighted by Crippen LogP contribution is 2.21. The molecule has 0 saturated carbocycles. The van der Waals surface area contributed by atoms with Crippen LogP contribution < -0.4 is 5.32 Å². The summed E-state index contributed by atoms with van der Waals surface area (Å²) in [5, 5.41) is 12.2. The van der Waals surface area contributed by atoms with Gasteiger partial charge in [0.1, 0.15) is 11.6 Å². The smallest absolute Gasteiger partial charge is 0.326 e. The standard InChI is InChI=1S/C11H14ClN5O2/c1-3-5(2)6(10(18)19)15-9-7-8(14-4-13-7)16-11(12)17-9/h4-6H,3H2,1-2H3,(H,18,19)(H2,13,14,15,16,17). The van der Waals surface area contributed by atoms with Crippen molar-refractivity contribution in [2.45, 2.75) is 26.3 Å². The van der Waals surface area contributed by atoms with Crippen molar-refractivity contribution >= 4 is 34.6 Å². The molecule has 0 aromatic carbocycles. The van der Waals surface area contributed by atoms with Gasteiger partial charge in [-0.3, -0.25) is 0 Å². The Bertz CT molecular complexity index is 600. The summed E-state index contributed by atoms with van der Waals surface area (Å²) in [5.41, 5.74) is 0.940. The van der Waals surface area contributed by atoms with Gasteiger partial charge in [0.05, 0.1) is 6.33 Å². The van der Waals surface area contributed by atoms with E-state index in [0.717, 1.165) is 6.42 Å². The minimum Gasteiger partial charge on any atom is -0.480 e. The van der Waals surface area contributed by atoms with E-state index < -0.39 is 12.0 Å². The Balaban J connectivity index is 2.38. The number of imidazole rings is 1. The van der Waals surface area contributed by atoms with Crippen LogP contribution in [0.1, 0.15) is 20.3 Å². The molecule has 0 radical (unpaired) electrons. The molecule has 0 amide bonds. The van der Waals surface area contributed by atoms with Gasteiger partial charge in [-0.15, -0.1) is 0 Å². The maximum Gasteiger partial charge on any atom is 0.326 e. The molecule has 0 fully saturated rings. The number of carboxylic acids is 1. The summed E-state index contributed by atoms with van der Waals surface area (Å²) >= 11 is 5.79. The van der Waals surface area contributed by atoms with Gasteiger partial charge in [-0.2, -0.15) is 9.97 Å². The molecule has 0 spiro atoms. The molecular weight excluding hydrogens is 270 g/mol. The Morgan fingerprint density at radius 3 is 2.95 bits per heavy atom. The van der Waals surface area contributed by atoms with Gasteiger partial charge in [0.2, 0.25) is 5.28 Å². The lowest BCUT2D eigenvalue weighted by Crippen LogP contribution is -2.35. The normalized spacial score (nSPS) is 14.3. The quantitative estimate of drug-likeness (QED) is 0.724. The number of aromatic amines is 1. The number of halogens is 1. The highest BCUT2D eigenvalue weighted by Gasteiger charge is 2.25. The summed E-state index contributed by atoms with van der Waals surface area (Å²) in [6.45, 7) is 3.79. The van der Waals surface area contributed by atoms with Crippen LogP contribution in [0.4, 0.5) is 5.82 Å². The number of nitrogens with one attached hydrogen (secondary N) is 2. The van der Waals surface area contributed by atoms with Gasteiger partial charge in [-0.05, 0) is 17.5 Å². The second-order valence-corrected chi connectivity index (χ2v) is 4.63. The van der Waals surface area contributed by atoms with E-state index in [4.69, 9.17) is 11.6 Å². The van der Waals surface area contributed by atoms with E-state index in [0.29, 0.717) is 17.0 Å². The summed E-state index contributed by atoms with van der Waals surface area (Å²) in [5.74, 6) is -0.638. The first-order chi connectivity index (χ1) is 9.02. The molecule has 2 heterocycles. The number of hydrogen-bond donors (Lipinski definition) is 3. The number of anilines is 1. The predicted octanol–water partition coefficient (Wildman–Crippen LogP) is 1.92. The van der Waals surface area contributed by atoms with Crippen LogP contribution in [0.3, 0.4) is 0 Å². The van der Waals surface area contributed by atoms with Crippen LogP contribution in [-0.4, -0.2) is 37.1 Å². The van der Waals surface area contributed by atoms with Crippen LogP contribution in [-0.2, 0) is 4.79 Å². The second kappa shape index (κ2) is 5.40. The minimum atomic E-state index is -0.934. The van der Waals surface area contributed by atoms with Crippen LogP contribution in [0.25, 0.3) is 11.2 Å². The molecule has 0 bridgehead atoms. The molecule has 2 aromatic rings. The molecule has 0 aliphatic heterocycles. The molecule has 7 nitrogen and oxygen atoms in total. The third-order valence-electron chi connectivity index (χ3n) is 3.03. The number of carbonyl (C=O) groups is 1. The topological polar surface area (TPSA) is 104 Å². The molecule has 102 valence electrons. The van der Waals surface area contributed by atoms with Crippen LogP contribution in [0.2, 0.25) is 5.28 Å². The number of H-pyrrole nitrogens is 1. The summed E-state index contributed by atoms with van der Waals surface area (Å²) in [6, 6.07) is -0.748. The van der Waals surface area contributed by atoms with Crippen LogP contribution >= 0.6 is 11.6 Å². The van der Waals surface area contributed by atoms with Crippen molar-refractivity contribution in [3.8, 4) is 0 Å². The molecule has 2 unspecified atom stereocenters. The van der Waals surface area contributed by atoms with E-state index in [1.54, 1.807) is 0 Å². The largest absolute Gasteiger partial charge is 0.480 e. The molecule has 19 heavy (non-hydrogen) atoms. The molecular formula is C11H14ClN5O2. The molecule has 0 aliphatic carbocycles. The second-order valence-electron chi connectivity index (χ2n) is 4.29. The van der Waals surface area contributed by atoms with Crippen molar-refractivity contribution in [3.63, 3.8) is 0 Å². The molecule has 8 heteroatoms. The Hall–Kier alpha value is -1.89. The van der Waals surface area contributed by atoms with Gasteiger partial charge in [-0.1, -0.05) is 20.3 Å². The highest BCUT2D eigenvalue weighted by molar-refractivity contribution is 6.28. The van der Waals surface area contributed by atoms with E-state index in [9.17, 15) is 9.90 Å². The molecule has 2 aromatic heterocycles. The van der Waals surface area contributed by atoms with Crippen molar-refractivity contribution in [2.24, 2.45) is 5.92 Å². The number of aliphatic carboxylic acids is 1. The first-order valence-corrected chi connectivity index (χ1v) is 6.26. The molecule has 0 aliphatic rings. The number of carboxylic acid groups (broad SMARTS) is 1. The zero-order valence-corrected chi connectivity index (χ0v) is 11.3. The van der Waals surface area contributed by atoms with E-state index in [1.165, 1.54) is 6.33 Å². The van der Waals surface area contributed by atoms with Crippen LogP contribution in [0, 0.1) is 5.92 Å². The van der Waals surface area contributed by atoms with Crippen molar-refractivity contribution in [1.82, 2.24) is 19.9 Å². The Labute approximate surface area is 114 Å². The van der Waals surface area contributed by atoms with Crippen LogP contribution in [0.15, 0.2) is 6.33 Å². The van der Waals surface area contributed by atoms with Gasteiger partial charge in [0.15, 0.2) is 11.5 Å². The third kappa shape index (κ3) is 2.76. The van der Waals surface area contributed by atoms with Crippen molar-refractivity contribution in [3.05, 3.63) is 11.6 Å². The zero-order chi connectivity index (χ0) is 14.0. The first-order valence-electron chi connectivity index (χ1n) is 5.89. The van der Waals surface area contributed by atoms with Crippen molar-refractivity contribution < 1.29 is 9.90 Å². The third-order valence-corrected chi connectivity index (χ3v) is 3.20. The predicted molar refractivity (Wildman–Crippen MR) is 71.2 cm³/mol. The molecule has 3 N–H and O–H groups in total. The first kappa shape index (κ1) is 13.5. The Morgan fingerprint density at radius 2 is 2.32 bits per heavy atom. The summed E-state index contributed by atoms with van der Waals surface area (Å²) < 4.78 is 0. The van der Waals surface area contributed by atoms with Gasteiger partial charge >= 0.3 is 5.97 Å². The van der Waals surface area contributed by atoms with E-state index in [2.05, 4.69) is 25.3 Å². The Kier molecular flexibility index (Phi) is 3.84. The van der Waals surface area contributed by atoms with Crippen molar-refractivity contribution in [2.75, 3.05) is 5.32 Å². The lowest BCUT2D eigenvalue weighted by atomic mass is 9.99. The minimum absolute atomic E-state index is 0.0235. The van der Waals surface area contributed by atoms with Gasteiger partial charge in [0, 0.05) is 0 Å². The van der Waals surface area contributed by atoms with Gasteiger partial charge in [0.25, 0.3) is 0 Å². The maximum absolute atomic E-state index is 11.3. The lowest BCUT2D eigenvalue weighted by Gasteiger charge is -2.20. The van der Waals surface area contributed by atoms with Gasteiger partial charge < -0.3 is 15.4 Å². The number of aromatic nitrogens is 4. The average molecular weight is 284 g/mol. The summed E-state index contributed by atoms with van der Waals surface area (Å²) in [4.78, 5) is 26.1. The fourth-order valence-electron chi connectivity index (χ4n) is 1.74. The van der Waals surface area contributed by atoms with Gasteiger partial charge in [-0.25, -0.2) is 9.78 Å². The van der Waals surface area contributed by atoms with Crippen molar-refractivity contribution in [1.29, 1.82) is 0 Å². The molecule has 2 rings (SSSR count). The number of nitrogens with zero attached hydrogens (tertiary/aromatic N) is 3. The molecule has 2 atom stereocenters. The van der Waals surface area contributed by atoms with E-state index in [1.807, 2.05) is 13.8 Å². The number of fused-ring (bicyclic) bond motifs is 1. The monoisotopic (exact) mass is 283 g/mol. The highest BCUT2D eigenvalue weighted by atomic mass is 35.5. The fraction of sp³-hybridized carbons (Fsp3) is 0.455. The van der Waals surface area contributed by atoms with Crippen LogP contribution in [0.5, 0.6) is 0 Å². The number of rotatable bonds is 5. The lowest BCUT2D eigenvalue weighted by molar-refractivity contribution is -0.139. The van der Waals surface area contributed by atoms with E-state index in [-0.39, 0.29) is 11.2 Å².